The molecule has 0 aromatic heterocycles. The van der Waals surface area contributed by atoms with Crippen LogP contribution < -0.4 is 0 Å². The molecule has 0 saturated heterocycles. The summed E-state index contributed by atoms with van der Waals surface area (Å²) in [5.41, 5.74) is 0. The minimum absolute atomic E-state index is 0.367. The van der Waals surface area contributed by atoms with Crippen molar-refractivity contribution in [1.82, 2.24) is 0 Å². The summed E-state index contributed by atoms with van der Waals surface area (Å²) in [7, 11) is -0.592. The molecule has 0 spiro atoms. The van der Waals surface area contributed by atoms with E-state index in [1.165, 1.54) is 135 Å². The lowest BCUT2D eigenvalue weighted by atomic mass is 10.0. The van der Waals surface area contributed by atoms with E-state index < -0.39 is 10.8 Å². The summed E-state index contributed by atoms with van der Waals surface area (Å²) >= 11 is 0. The quantitative estimate of drug-likeness (QED) is 0.148. The van der Waals surface area contributed by atoms with Crippen LogP contribution in [0.3, 0.4) is 0 Å². The van der Waals surface area contributed by atoms with Gasteiger partial charge in [-0.2, -0.15) is 0 Å². The molecule has 0 aliphatic carbocycles. The van der Waals surface area contributed by atoms with Crippen molar-refractivity contribution in [2.24, 2.45) is 0 Å². The number of hydrogen-bond acceptors (Lipinski definition) is 2. The van der Waals surface area contributed by atoms with E-state index in [0.29, 0.717) is 6.61 Å². The van der Waals surface area contributed by atoms with Crippen molar-refractivity contribution in [3.05, 3.63) is 0 Å². The van der Waals surface area contributed by atoms with Crippen LogP contribution in [0.4, 0.5) is 0 Å². The molecule has 1 atom stereocenters. The van der Waals surface area contributed by atoms with Gasteiger partial charge in [-0.1, -0.05) is 135 Å². The number of unbranched alkanes of at least 4 members (excludes halogenated alkanes) is 22. The summed E-state index contributed by atoms with van der Waals surface area (Å²) in [4.78, 5) is 0. The van der Waals surface area contributed by atoms with Gasteiger partial charge in [0.15, 0.2) is 0 Å². The maximum absolute atomic E-state index is 11.0. The van der Waals surface area contributed by atoms with Crippen LogP contribution in [0.5, 0.6) is 0 Å². The molecule has 0 heterocycles. The molecule has 0 radical (unpaired) electrons. The fourth-order valence-corrected chi connectivity index (χ4v) is 4.74. The highest BCUT2D eigenvalue weighted by atomic mass is 32.2. The maximum Gasteiger partial charge on any atom is 0.0431 e. The Labute approximate surface area is 186 Å². The van der Waals surface area contributed by atoms with E-state index in [-0.39, 0.29) is 0 Å². The molecule has 0 aromatic carbocycles. The Balaban J connectivity index is 2.99. The Morgan fingerprint density at radius 3 is 0.828 bits per heavy atom. The maximum atomic E-state index is 11.0. The van der Waals surface area contributed by atoms with Gasteiger partial charge < -0.3 is 5.11 Å². The SMILES string of the molecule is CS(=O)CCCCCCCCCCCCCCCCCCCCCCCCCO. The number of aliphatic hydroxyl groups is 1. The minimum atomic E-state index is -0.592. The van der Waals surface area contributed by atoms with Crippen molar-refractivity contribution in [2.45, 2.75) is 148 Å². The molecule has 176 valence electrons. The summed E-state index contributed by atoms with van der Waals surface area (Å²) in [6.45, 7) is 0.367. The average Bonchev–Trinajstić information content (AvgIpc) is 2.71. The van der Waals surface area contributed by atoms with Crippen molar-refractivity contribution < 1.29 is 9.32 Å². The first-order valence-electron chi connectivity index (χ1n) is 13.2. The van der Waals surface area contributed by atoms with Crippen molar-refractivity contribution in [3.63, 3.8) is 0 Å². The van der Waals surface area contributed by atoms with Crippen molar-refractivity contribution in [3.8, 4) is 0 Å². The van der Waals surface area contributed by atoms with Gasteiger partial charge in [-0.05, 0) is 12.8 Å². The summed E-state index contributed by atoms with van der Waals surface area (Å²) in [6.07, 6.45) is 33.3. The van der Waals surface area contributed by atoms with Crippen LogP contribution in [-0.4, -0.2) is 27.9 Å². The third-order valence-electron chi connectivity index (χ3n) is 6.09. The number of rotatable bonds is 25. The van der Waals surface area contributed by atoms with Gasteiger partial charge in [-0.15, -0.1) is 0 Å². The standard InChI is InChI=1S/C26H54O2S/c1-29(28)26-24-22-20-18-16-14-12-10-8-6-4-2-3-5-7-9-11-13-15-17-19-21-23-25-27/h27H,2-26H2,1H3. The lowest BCUT2D eigenvalue weighted by Gasteiger charge is -2.04. The predicted octanol–water partition coefficient (Wildman–Crippen LogP) is 8.33. The molecule has 0 saturated carbocycles. The molecule has 3 heteroatoms. The highest BCUT2D eigenvalue weighted by molar-refractivity contribution is 7.84. The zero-order chi connectivity index (χ0) is 21.3. The number of aliphatic hydroxyl groups excluding tert-OH is 1. The van der Waals surface area contributed by atoms with Crippen LogP contribution in [0.25, 0.3) is 0 Å². The normalized spacial score (nSPS) is 12.5. The second-order valence-corrected chi connectivity index (χ2v) is 10.7. The fourth-order valence-electron chi connectivity index (χ4n) is 4.13. The largest absolute Gasteiger partial charge is 0.396 e. The van der Waals surface area contributed by atoms with Gasteiger partial charge in [0.2, 0.25) is 0 Å². The molecular formula is C26H54O2S. The molecule has 0 aliphatic heterocycles. The van der Waals surface area contributed by atoms with E-state index in [4.69, 9.17) is 5.11 Å². The van der Waals surface area contributed by atoms with Crippen LogP contribution in [0.2, 0.25) is 0 Å². The molecule has 0 aliphatic rings. The molecule has 0 amide bonds. The summed E-state index contributed by atoms with van der Waals surface area (Å²) < 4.78 is 11.0. The second-order valence-electron chi connectivity index (χ2n) is 9.13. The Hall–Kier alpha value is 0.110. The zero-order valence-corrected chi connectivity index (χ0v) is 20.8. The first-order valence-corrected chi connectivity index (χ1v) is 14.9. The lowest BCUT2D eigenvalue weighted by molar-refractivity contribution is 0.282. The van der Waals surface area contributed by atoms with Crippen LogP contribution in [0.15, 0.2) is 0 Å². The van der Waals surface area contributed by atoms with E-state index in [9.17, 15) is 4.21 Å². The van der Waals surface area contributed by atoms with Crippen LogP contribution in [-0.2, 0) is 10.8 Å². The highest BCUT2D eigenvalue weighted by Gasteiger charge is 1.96. The Morgan fingerprint density at radius 1 is 0.414 bits per heavy atom. The zero-order valence-electron chi connectivity index (χ0n) is 19.9. The molecule has 2 nitrogen and oxygen atoms in total. The highest BCUT2D eigenvalue weighted by Crippen LogP contribution is 2.15. The Morgan fingerprint density at radius 2 is 0.621 bits per heavy atom. The average molecular weight is 431 g/mol. The van der Waals surface area contributed by atoms with E-state index in [1.807, 2.05) is 6.26 Å². The first kappa shape index (κ1) is 29.1. The molecule has 0 aromatic rings. The van der Waals surface area contributed by atoms with E-state index in [1.54, 1.807) is 0 Å². The lowest BCUT2D eigenvalue weighted by Crippen LogP contribution is -1.93. The Kier molecular flexibility index (Phi) is 26.2. The van der Waals surface area contributed by atoms with Crippen molar-refractivity contribution >= 4 is 10.8 Å². The van der Waals surface area contributed by atoms with E-state index in [2.05, 4.69) is 0 Å². The van der Waals surface area contributed by atoms with Crippen molar-refractivity contribution in [2.75, 3.05) is 18.6 Å². The molecule has 29 heavy (non-hydrogen) atoms. The van der Waals surface area contributed by atoms with Gasteiger partial charge in [0.25, 0.3) is 0 Å². The van der Waals surface area contributed by atoms with Gasteiger partial charge in [0.1, 0.15) is 0 Å². The monoisotopic (exact) mass is 430 g/mol. The first-order chi connectivity index (χ1) is 14.3. The minimum Gasteiger partial charge on any atom is -0.396 e. The predicted molar refractivity (Wildman–Crippen MR) is 132 cm³/mol. The van der Waals surface area contributed by atoms with Crippen LogP contribution in [0, 0.1) is 0 Å². The van der Waals surface area contributed by atoms with Gasteiger partial charge in [-0.25, -0.2) is 0 Å². The third kappa shape index (κ3) is 28.1. The van der Waals surface area contributed by atoms with Gasteiger partial charge in [0, 0.05) is 29.4 Å². The third-order valence-corrected chi connectivity index (χ3v) is 6.95. The second kappa shape index (κ2) is 26.1. The van der Waals surface area contributed by atoms with Gasteiger partial charge in [0.05, 0.1) is 0 Å². The molecule has 0 rings (SSSR count). The molecular weight excluding hydrogens is 376 g/mol. The van der Waals surface area contributed by atoms with Gasteiger partial charge in [-0.3, -0.25) is 4.21 Å². The van der Waals surface area contributed by atoms with Gasteiger partial charge >= 0.3 is 0 Å². The molecule has 0 fully saturated rings. The van der Waals surface area contributed by atoms with E-state index >= 15 is 0 Å². The molecule has 1 N–H and O–H groups in total. The smallest absolute Gasteiger partial charge is 0.0431 e. The fraction of sp³-hybridized carbons (Fsp3) is 1.00. The number of hydrogen-bond donors (Lipinski definition) is 1. The topological polar surface area (TPSA) is 37.3 Å². The van der Waals surface area contributed by atoms with Crippen molar-refractivity contribution in [1.29, 1.82) is 0 Å². The van der Waals surface area contributed by atoms with Crippen LogP contribution >= 0.6 is 0 Å². The summed E-state index contributed by atoms with van der Waals surface area (Å²) in [5.74, 6) is 0.896. The summed E-state index contributed by atoms with van der Waals surface area (Å²) in [5, 5.41) is 8.74. The van der Waals surface area contributed by atoms with Crippen LogP contribution in [0.1, 0.15) is 148 Å². The molecule has 0 bridgehead atoms. The Bertz CT molecular complexity index is 320. The summed E-state index contributed by atoms with van der Waals surface area (Å²) in [6, 6.07) is 0. The molecule has 1 unspecified atom stereocenters. The van der Waals surface area contributed by atoms with E-state index in [0.717, 1.165) is 18.6 Å².